The Bertz CT molecular complexity index is 745. The highest BCUT2D eigenvalue weighted by Crippen LogP contribution is 2.23. The van der Waals surface area contributed by atoms with Gasteiger partial charge in [-0.15, -0.1) is 0 Å². The van der Waals surface area contributed by atoms with E-state index in [0.717, 1.165) is 18.5 Å². The van der Waals surface area contributed by atoms with Crippen LogP contribution in [0.2, 0.25) is 0 Å². The summed E-state index contributed by atoms with van der Waals surface area (Å²) in [6.45, 7) is 5.06. The molecule has 2 fully saturated rings. The lowest BCUT2D eigenvalue weighted by atomic mass is 10.1. The van der Waals surface area contributed by atoms with Crippen LogP contribution in [0.1, 0.15) is 25.3 Å². The van der Waals surface area contributed by atoms with Crippen LogP contribution in [-0.4, -0.2) is 69.0 Å². The van der Waals surface area contributed by atoms with Crippen LogP contribution in [0.4, 0.5) is 0 Å². The molecule has 2 aliphatic rings. The van der Waals surface area contributed by atoms with Crippen LogP contribution in [0.25, 0.3) is 0 Å². The molecule has 3 rings (SSSR count). The molecular formula is C19H29N3O4S. The van der Waals surface area contributed by atoms with Gasteiger partial charge >= 0.3 is 0 Å². The van der Waals surface area contributed by atoms with Crippen LogP contribution >= 0.6 is 0 Å². The Morgan fingerprint density at radius 1 is 1.22 bits per heavy atom. The predicted octanol–water partition coefficient (Wildman–Crippen LogP) is 0.836. The number of ether oxygens (including phenoxy) is 1. The van der Waals surface area contributed by atoms with Gasteiger partial charge in [0.05, 0.1) is 18.1 Å². The summed E-state index contributed by atoms with van der Waals surface area (Å²) < 4.78 is 31.9. The van der Waals surface area contributed by atoms with Crippen LogP contribution in [0.15, 0.2) is 29.2 Å². The van der Waals surface area contributed by atoms with Gasteiger partial charge < -0.3 is 15.4 Å². The molecular weight excluding hydrogens is 366 g/mol. The van der Waals surface area contributed by atoms with Crippen LogP contribution in [-0.2, 0) is 26.0 Å². The summed E-state index contributed by atoms with van der Waals surface area (Å²) in [6, 6.07) is 7.11. The van der Waals surface area contributed by atoms with Gasteiger partial charge in [-0.25, -0.2) is 8.42 Å². The molecule has 1 aromatic rings. The van der Waals surface area contributed by atoms with Gasteiger partial charge in [-0.3, -0.25) is 4.79 Å². The van der Waals surface area contributed by atoms with Crippen molar-refractivity contribution in [2.75, 3.05) is 39.4 Å². The number of nitrogens with two attached hydrogens (primary N) is 1. The standard InChI is InChI=1S/C19H29N3O4S/c1-15-12-17(13-20)14-22(15)19(23)7-4-16-2-5-18(6-3-16)27(24,25)21-8-10-26-11-9-21/h2-3,5-6,15,17H,4,7-14,20H2,1H3. The molecule has 2 N–H and O–H groups in total. The van der Waals surface area contributed by atoms with Crippen LogP contribution in [0.3, 0.4) is 0 Å². The SMILES string of the molecule is CC1CC(CN)CN1C(=O)CCc1ccc(S(=O)(=O)N2CCOCC2)cc1. The molecule has 0 spiro atoms. The van der Waals surface area contributed by atoms with Crippen molar-refractivity contribution in [2.24, 2.45) is 11.7 Å². The summed E-state index contributed by atoms with van der Waals surface area (Å²) in [5.74, 6) is 0.539. The quantitative estimate of drug-likeness (QED) is 0.770. The third-order valence-corrected chi connectivity index (χ3v) is 7.39. The summed E-state index contributed by atoms with van der Waals surface area (Å²) in [7, 11) is -3.47. The summed E-state index contributed by atoms with van der Waals surface area (Å²) in [4.78, 5) is 14.7. The lowest BCUT2D eigenvalue weighted by Gasteiger charge is -2.26. The summed E-state index contributed by atoms with van der Waals surface area (Å²) in [5.41, 5.74) is 6.69. The van der Waals surface area contributed by atoms with Gasteiger partial charge in [0.15, 0.2) is 0 Å². The molecule has 0 aliphatic carbocycles. The molecule has 8 heteroatoms. The third-order valence-electron chi connectivity index (χ3n) is 5.47. The predicted molar refractivity (Wildman–Crippen MR) is 103 cm³/mol. The van der Waals surface area contributed by atoms with Crippen LogP contribution in [0.5, 0.6) is 0 Å². The first-order valence-electron chi connectivity index (χ1n) is 9.58. The molecule has 1 amide bonds. The van der Waals surface area contributed by atoms with E-state index in [-0.39, 0.29) is 11.9 Å². The van der Waals surface area contributed by atoms with Crippen molar-refractivity contribution < 1.29 is 17.9 Å². The number of hydrogen-bond acceptors (Lipinski definition) is 5. The van der Waals surface area contributed by atoms with E-state index in [0.29, 0.717) is 56.5 Å². The highest BCUT2D eigenvalue weighted by Gasteiger charge is 2.31. The first-order chi connectivity index (χ1) is 12.9. The average Bonchev–Trinajstić information content (AvgIpc) is 3.08. The molecule has 1 aromatic carbocycles. The van der Waals surface area contributed by atoms with Crippen molar-refractivity contribution in [1.82, 2.24) is 9.21 Å². The zero-order valence-electron chi connectivity index (χ0n) is 15.8. The van der Waals surface area contributed by atoms with Gasteiger partial charge in [-0.2, -0.15) is 4.31 Å². The minimum atomic E-state index is -3.47. The van der Waals surface area contributed by atoms with Gasteiger partial charge in [0.1, 0.15) is 0 Å². The van der Waals surface area contributed by atoms with E-state index in [9.17, 15) is 13.2 Å². The van der Waals surface area contributed by atoms with Crippen molar-refractivity contribution >= 4 is 15.9 Å². The normalized spacial score (nSPS) is 24.3. The van der Waals surface area contributed by atoms with Gasteiger partial charge in [0, 0.05) is 32.1 Å². The number of rotatable bonds is 6. The van der Waals surface area contributed by atoms with Gasteiger partial charge in [-0.05, 0) is 49.9 Å². The molecule has 0 aromatic heterocycles. The fourth-order valence-corrected chi connectivity index (χ4v) is 5.23. The lowest BCUT2D eigenvalue weighted by Crippen LogP contribution is -2.40. The molecule has 7 nitrogen and oxygen atoms in total. The maximum absolute atomic E-state index is 12.6. The first kappa shape index (κ1) is 20.3. The van der Waals surface area contributed by atoms with Crippen LogP contribution in [0, 0.1) is 5.92 Å². The largest absolute Gasteiger partial charge is 0.379 e. The Labute approximate surface area is 161 Å². The zero-order valence-corrected chi connectivity index (χ0v) is 16.7. The highest BCUT2D eigenvalue weighted by atomic mass is 32.2. The first-order valence-corrected chi connectivity index (χ1v) is 11.0. The lowest BCUT2D eigenvalue weighted by molar-refractivity contribution is -0.131. The van der Waals surface area contributed by atoms with Gasteiger partial charge in [0.25, 0.3) is 0 Å². The van der Waals surface area contributed by atoms with Gasteiger partial charge in [0.2, 0.25) is 15.9 Å². The van der Waals surface area contributed by atoms with E-state index in [1.165, 1.54) is 4.31 Å². The maximum Gasteiger partial charge on any atom is 0.243 e. The smallest absolute Gasteiger partial charge is 0.243 e. The van der Waals surface area contributed by atoms with Crippen molar-refractivity contribution in [3.8, 4) is 0 Å². The fourth-order valence-electron chi connectivity index (χ4n) is 3.82. The molecule has 2 aliphatic heterocycles. The number of nitrogens with zero attached hydrogens (tertiary/aromatic N) is 2. The number of aryl methyl sites for hydroxylation is 1. The Morgan fingerprint density at radius 3 is 2.48 bits per heavy atom. The number of carbonyl (C=O) groups excluding carboxylic acids is 1. The fraction of sp³-hybridized carbons (Fsp3) is 0.632. The molecule has 150 valence electrons. The average molecular weight is 396 g/mol. The van der Waals surface area contributed by atoms with Gasteiger partial charge in [-0.1, -0.05) is 12.1 Å². The summed E-state index contributed by atoms with van der Waals surface area (Å²) in [5, 5.41) is 0. The van der Waals surface area contributed by atoms with E-state index in [1.807, 2.05) is 4.90 Å². The number of likely N-dealkylation sites (tertiary alicyclic amines) is 1. The highest BCUT2D eigenvalue weighted by molar-refractivity contribution is 7.89. The second kappa shape index (κ2) is 8.68. The number of morpholine rings is 1. The molecule has 2 saturated heterocycles. The zero-order chi connectivity index (χ0) is 19.4. The molecule has 0 bridgehead atoms. The van der Waals surface area contributed by atoms with Crippen molar-refractivity contribution in [1.29, 1.82) is 0 Å². The number of benzene rings is 1. The Hall–Kier alpha value is -1.48. The number of carbonyl (C=O) groups is 1. The minimum absolute atomic E-state index is 0.142. The molecule has 2 unspecified atom stereocenters. The second-order valence-corrected chi connectivity index (χ2v) is 9.33. The number of hydrogen-bond donors (Lipinski definition) is 1. The topological polar surface area (TPSA) is 92.9 Å². The van der Waals surface area contributed by atoms with Crippen LogP contribution < -0.4 is 5.73 Å². The number of sulfonamides is 1. The van der Waals surface area contributed by atoms with E-state index >= 15 is 0 Å². The summed E-state index contributed by atoms with van der Waals surface area (Å²) in [6.07, 6.45) is 2.00. The van der Waals surface area contributed by atoms with E-state index < -0.39 is 10.0 Å². The number of amides is 1. The molecule has 2 heterocycles. The molecule has 0 saturated carbocycles. The third kappa shape index (κ3) is 4.68. The van der Waals surface area contributed by atoms with Crippen molar-refractivity contribution in [3.63, 3.8) is 0 Å². The molecule has 27 heavy (non-hydrogen) atoms. The van der Waals surface area contributed by atoms with E-state index in [2.05, 4.69) is 6.92 Å². The van der Waals surface area contributed by atoms with Crippen molar-refractivity contribution in [3.05, 3.63) is 29.8 Å². The second-order valence-electron chi connectivity index (χ2n) is 7.39. The van der Waals surface area contributed by atoms with E-state index in [4.69, 9.17) is 10.5 Å². The minimum Gasteiger partial charge on any atom is -0.379 e. The van der Waals surface area contributed by atoms with Crippen molar-refractivity contribution in [2.45, 2.75) is 37.1 Å². The molecule has 2 atom stereocenters. The monoisotopic (exact) mass is 395 g/mol. The Kier molecular flexibility index (Phi) is 6.52. The van der Waals surface area contributed by atoms with E-state index in [1.54, 1.807) is 24.3 Å². The summed E-state index contributed by atoms with van der Waals surface area (Å²) >= 11 is 0. The Balaban J connectivity index is 1.57. The molecule has 0 radical (unpaired) electrons. The maximum atomic E-state index is 12.6. The Morgan fingerprint density at radius 2 is 1.89 bits per heavy atom.